The summed E-state index contributed by atoms with van der Waals surface area (Å²) in [4.78, 5) is 0.170. The molecule has 0 bridgehead atoms. The van der Waals surface area contributed by atoms with E-state index in [0.717, 1.165) is 5.56 Å². The van der Waals surface area contributed by atoms with Gasteiger partial charge in [0.1, 0.15) is 10.6 Å². The average Bonchev–Trinajstić information content (AvgIpc) is 2.36. The van der Waals surface area contributed by atoms with Gasteiger partial charge in [-0.05, 0) is 30.2 Å². The van der Waals surface area contributed by atoms with Crippen molar-refractivity contribution in [3.05, 3.63) is 23.8 Å². The lowest BCUT2D eigenvalue weighted by Gasteiger charge is -2.19. The molecule has 6 heteroatoms. The molecule has 0 saturated carbocycles. The van der Waals surface area contributed by atoms with Crippen molar-refractivity contribution >= 4 is 10.0 Å². The summed E-state index contributed by atoms with van der Waals surface area (Å²) in [5.41, 5.74) is 0.853. The lowest BCUT2D eigenvalue weighted by Crippen LogP contribution is -2.32. The molecular weight excluding hydrogens is 276 g/mol. The second-order valence-electron chi connectivity index (χ2n) is 5.90. The molecule has 2 N–H and O–H groups in total. The first kappa shape index (κ1) is 16.9. The van der Waals surface area contributed by atoms with Crippen LogP contribution < -0.4 is 14.8 Å². The van der Waals surface area contributed by atoms with Crippen LogP contribution in [0.5, 0.6) is 5.75 Å². The predicted molar refractivity (Wildman–Crippen MR) is 80.4 cm³/mol. The number of hydrogen-bond donors (Lipinski definition) is 2. The van der Waals surface area contributed by atoms with Crippen LogP contribution in [0, 0.1) is 5.41 Å². The lowest BCUT2D eigenvalue weighted by atomic mass is 9.98. The average molecular weight is 300 g/mol. The van der Waals surface area contributed by atoms with Gasteiger partial charge in [-0.2, -0.15) is 0 Å². The van der Waals surface area contributed by atoms with Crippen molar-refractivity contribution < 1.29 is 13.2 Å². The van der Waals surface area contributed by atoms with E-state index in [1.54, 1.807) is 18.2 Å². The normalized spacial score (nSPS) is 12.4. The summed E-state index contributed by atoms with van der Waals surface area (Å²) in [6.07, 6.45) is 0. The van der Waals surface area contributed by atoms with Crippen molar-refractivity contribution in [3.8, 4) is 5.75 Å². The summed E-state index contributed by atoms with van der Waals surface area (Å²) < 4.78 is 32.5. The van der Waals surface area contributed by atoms with Crippen LogP contribution in [0.2, 0.25) is 0 Å². The fourth-order valence-corrected chi connectivity index (χ4v) is 3.07. The van der Waals surface area contributed by atoms with Gasteiger partial charge in [0.25, 0.3) is 0 Å². The summed E-state index contributed by atoms with van der Waals surface area (Å²) in [5.74, 6) is 0.360. The third-order valence-corrected chi connectivity index (χ3v) is 4.13. The van der Waals surface area contributed by atoms with Gasteiger partial charge in [-0.25, -0.2) is 13.1 Å². The maximum Gasteiger partial charge on any atom is 0.244 e. The standard InChI is InChI=1S/C14H24N2O3S/c1-14(2,3)10-16-20(17,18)13-7-6-11(9-15-4)8-12(13)19-5/h6-8,15-16H,9-10H2,1-5H3. The maximum absolute atomic E-state index is 12.3. The highest BCUT2D eigenvalue weighted by molar-refractivity contribution is 7.89. The zero-order valence-electron chi connectivity index (χ0n) is 12.8. The van der Waals surface area contributed by atoms with Gasteiger partial charge in [-0.15, -0.1) is 0 Å². The molecule has 20 heavy (non-hydrogen) atoms. The van der Waals surface area contributed by atoms with E-state index in [1.165, 1.54) is 7.11 Å². The van der Waals surface area contributed by atoms with Crippen LogP contribution in [0.25, 0.3) is 0 Å². The molecule has 1 aromatic carbocycles. The van der Waals surface area contributed by atoms with Crippen LogP contribution in [-0.4, -0.2) is 29.1 Å². The van der Waals surface area contributed by atoms with E-state index in [-0.39, 0.29) is 10.3 Å². The predicted octanol–water partition coefficient (Wildman–Crippen LogP) is 1.74. The van der Waals surface area contributed by atoms with Crippen LogP contribution in [0.4, 0.5) is 0 Å². The highest BCUT2D eigenvalue weighted by Crippen LogP contribution is 2.25. The van der Waals surface area contributed by atoms with E-state index in [9.17, 15) is 8.42 Å². The van der Waals surface area contributed by atoms with E-state index < -0.39 is 10.0 Å². The smallest absolute Gasteiger partial charge is 0.244 e. The van der Waals surface area contributed by atoms with Gasteiger partial charge in [0.05, 0.1) is 7.11 Å². The molecule has 0 heterocycles. The van der Waals surface area contributed by atoms with Crippen molar-refractivity contribution in [1.82, 2.24) is 10.0 Å². The SMILES string of the molecule is CNCc1ccc(S(=O)(=O)NCC(C)(C)C)c(OC)c1. The summed E-state index contributed by atoms with van der Waals surface area (Å²) in [7, 11) is -0.255. The van der Waals surface area contributed by atoms with Gasteiger partial charge in [-0.3, -0.25) is 0 Å². The number of nitrogens with one attached hydrogen (secondary N) is 2. The van der Waals surface area contributed by atoms with Crippen LogP contribution in [0.1, 0.15) is 26.3 Å². The minimum atomic E-state index is -3.56. The van der Waals surface area contributed by atoms with Crippen LogP contribution >= 0.6 is 0 Å². The van der Waals surface area contributed by atoms with E-state index in [2.05, 4.69) is 10.0 Å². The number of methoxy groups -OCH3 is 1. The van der Waals surface area contributed by atoms with E-state index in [4.69, 9.17) is 4.74 Å². The number of sulfonamides is 1. The molecular formula is C14H24N2O3S. The van der Waals surface area contributed by atoms with Gasteiger partial charge in [0.15, 0.2) is 0 Å². The van der Waals surface area contributed by atoms with Gasteiger partial charge in [0, 0.05) is 13.1 Å². The molecule has 0 amide bonds. The Bertz CT molecular complexity index is 548. The Hall–Kier alpha value is -1.11. The Morgan fingerprint density at radius 2 is 1.90 bits per heavy atom. The minimum Gasteiger partial charge on any atom is -0.495 e. The molecule has 0 unspecified atom stereocenters. The van der Waals surface area contributed by atoms with Crippen molar-refractivity contribution in [2.24, 2.45) is 5.41 Å². The quantitative estimate of drug-likeness (QED) is 0.840. The van der Waals surface area contributed by atoms with Crippen LogP contribution in [0.15, 0.2) is 23.1 Å². The molecule has 0 fully saturated rings. The molecule has 1 rings (SSSR count). The van der Waals surface area contributed by atoms with Gasteiger partial charge in [-0.1, -0.05) is 26.8 Å². The molecule has 0 saturated heterocycles. The zero-order chi connectivity index (χ0) is 15.4. The van der Waals surface area contributed by atoms with Crippen molar-refractivity contribution in [3.63, 3.8) is 0 Å². The largest absolute Gasteiger partial charge is 0.495 e. The molecule has 1 aromatic rings. The molecule has 0 spiro atoms. The number of hydrogen-bond acceptors (Lipinski definition) is 4. The number of rotatable bonds is 6. The summed E-state index contributed by atoms with van der Waals surface area (Å²) in [6.45, 7) is 6.96. The number of ether oxygens (including phenoxy) is 1. The highest BCUT2D eigenvalue weighted by Gasteiger charge is 2.22. The maximum atomic E-state index is 12.3. The van der Waals surface area contributed by atoms with Crippen LogP contribution in [-0.2, 0) is 16.6 Å². The van der Waals surface area contributed by atoms with Gasteiger partial charge < -0.3 is 10.1 Å². The first-order chi connectivity index (χ1) is 9.19. The topological polar surface area (TPSA) is 67.4 Å². The molecule has 5 nitrogen and oxygen atoms in total. The van der Waals surface area contributed by atoms with Gasteiger partial charge in [0.2, 0.25) is 10.0 Å². The Kier molecular flexibility index (Phi) is 5.56. The Morgan fingerprint density at radius 1 is 1.25 bits per heavy atom. The summed E-state index contributed by atoms with van der Waals surface area (Å²) >= 11 is 0. The van der Waals surface area contributed by atoms with Gasteiger partial charge >= 0.3 is 0 Å². The first-order valence-electron chi connectivity index (χ1n) is 6.51. The van der Waals surface area contributed by atoms with Crippen molar-refractivity contribution in [1.29, 1.82) is 0 Å². The van der Waals surface area contributed by atoms with E-state index in [1.807, 2.05) is 27.8 Å². The summed E-state index contributed by atoms with van der Waals surface area (Å²) in [6, 6.07) is 5.10. The molecule has 0 radical (unpaired) electrons. The molecule has 0 aromatic heterocycles. The Balaban J connectivity index is 3.05. The van der Waals surface area contributed by atoms with Crippen molar-refractivity contribution in [2.75, 3.05) is 20.7 Å². The molecule has 114 valence electrons. The Labute approximate surface area is 121 Å². The third-order valence-electron chi connectivity index (χ3n) is 2.69. The highest BCUT2D eigenvalue weighted by atomic mass is 32.2. The molecule has 0 aliphatic heterocycles. The first-order valence-corrected chi connectivity index (χ1v) is 7.99. The molecule has 0 aliphatic carbocycles. The van der Waals surface area contributed by atoms with Crippen molar-refractivity contribution in [2.45, 2.75) is 32.2 Å². The molecule has 0 aliphatic rings. The number of benzene rings is 1. The lowest BCUT2D eigenvalue weighted by molar-refractivity contribution is 0.396. The zero-order valence-corrected chi connectivity index (χ0v) is 13.6. The minimum absolute atomic E-state index is 0.119. The fraction of sp³-hybridized carbons (Fsp3) is 0.571. The summed E-state index contributed by atoms with van der Waals surface area (Å²) in [5, 5.41) is 3.02. The second-order valence-corrected chi connectivity index (χ2v) is 7.64. The molecule has 0 atom stereocenters. The Morgan fingerprint density at radius 3 is 2.40 bits per heavy atom. The van der Waals surface area contributed by atoms with E-state index >= 15 is 0 Å². The van der Waals surface area contributed by atoms with E-state index in [0.29, 0.717) is 18.8 Å². The van der Waals surface area contributed by atoms with Crippen LogP contribution in [0.3, 0.4) is 0 Å². The third kappa shape index (κ3) is 4.77. The second kappa shape index (κ2) is 6.56. The monoisotopic (exact) mass is 300 g/mol. The fourth-order valence-electron chi connectivity index (χ4n) is 1.64.